The minimum Gasteiger partial charge on any atom is -0.388 e. The summed E-state index contributed by atoms with van der Waals surface area (Å²) in [5.41, 5.74) is 1.42. The second-order valence-corrected chi connectivity index (χ2v) is 5.43. The molecule has 2 aliphatic rings. The van der Waals surface area contributed by atoms with Gasteiger partial charge in [0.2, 0.25) is 0 Å². The fourth-order valence-corrected chi connectivity index (χ4v) is 3.00. The summed E-state index contributed by atoms with van der Waals surface area (Å²) >= 11 is 0. The number of nitrogens with zero attached hydrogens (tertiary/aromatic N) is 5. The number of rotatable bonds is 1. The number of aromatic nitrogens is 3. The first-order valence-electron chi connectivity index (χ1n) is 7.49. The van der Waals surface area contributed by atoms with E-state index in [1.807, 2.05) is 0 Å². The van der Waals surface area contributed by atoms with E-state index in [0.29, 0.717) is 50.1 Å². The molecule has 1 aromatic carbocycles. The molecule has 1 N–H and O–H groups in total. The lowest BCUT2D eigenvalue weighted by molar-refractivity contribution is 0.0682. The highest BCUT2D eigenvalue weighted by molar-refractivity contribution is 6.02. The van der Waals surface area contributed by atoms with Gasteiger partial charge in [0.05, 0.1) is 18.9 Å². The normalized spacial score (nSPS) is 17.3. The molecule has 7 nitrogen and oxygen atoms in total. The molecule has 23 heavy (non-hydrogen) atoms. The van der Waals surface area contributed by atoms with Crippen LogP contribution in [0.4, 0.5) is 4.39 Å². The topological polar surface area (TPSA) is 75.8 Å². The van der Waals surface area contributed by atoms with Crippen molar-refractivity contribution < 1.29 is 14.2 Å². The van der Waals surface area contributed by atoms with Gasteiger partial charge < -0.3 is 14.7 Å². The minimum absolute atomic E-state index is 0.239. The Morgan fingerprint density at radius 2 is 2.04 bits per heavy atom. The highest BCUT2D eigenvalue weighted by Crippen LogP contribution is 2.25. The summed E-state index contributed by atoms with van der Waals surface area (Å²) < 4.78 is 21.0. The molecule has 0 spiro atoms. The number of ether oxygens (including phenoxy) is 1. The maximum absolute atomic E-state index is 13.9. The van der Waals surface area contributed by atoms with Crippen molar-refractivity contribution in [2.75, 3.05) is 26.3 Å². The number of benzene rings is 1. The zero-order valence-corrected chi connectivity index (χ0v) is 12.4. The largest absolute Gasteiger partial charge is 0.388 e. The van der Waals surface area contributed by atoms with Crippen molar-refractivity contribution in [2.24, 2.45) is 4.99 Å². The first-order valence-corrected chi connectivity index (χ1v) is 7.49. The smallest absolute Gasteiger partial charge is 0.163 e. The number of halogens is 1. The summed E-state index contributed by atoms with van der Waals surface area (Å²) in [6.07, 6.45) is 0. The van der Waals surface area contributed by atoms with Gasteiger partial charge >= 0.3 is 0 Å². The molecule has 2 aromatic rings. The van der Waals surface area contributed by atoms with Crippen LogP contribution in [0, 0.1) is 5.82 Å². The first-order chi connectivity index (χ1) is 11.3. The van der Waals surface area contributed by atoms with Crippen molar-refractivity contribution >= 4 is 5.84 Å². The number of aliphatic hydroxyl groups excluding tert-OH is 1. The lowest BCUT2D eigenvalue weighted by Gasteiger charge is -2.30. The van der Waals surface area contributed by atoms with Crippen molar-refractivity contribution in [2.45, 2.75) is 13.2 Å². The summed E-state index contributed by atoms with van der Waals surface area (Å²) in [4.78, 5) is 6.73. The molecule has 0 unspecified atom stereocenters. The van der Waals surface area contributed by atoms with E-state index in [0.717, 1.165) is 11.5 Å². The van der Waals surface area contributed by atoms with Gasteiger partial charge in [0.25, 0.3) is 0 Å². The monoisotopic (exact) mass is 317 g/mol. The molecule has 0 atom stereocenters. The Bertz CT molecular complexity index is 767. The van der Waals surface area contributed by atoms with Crippen molar-refractivity contribution in [1.29, 1.82) is 0 Å². The van der Waals surface area contributed by atoms with Gasteiger partial charge in [0.1, 0.15) is 24.8 Å². The van der Waals surface area contributed by atoms with E-state index in [1.54, 1.807) is 10.6 Å². The third kappa shape index (κ3) is 2.40. The van der Waals surface area contributed by atoms with Crippen LogP contribution >= 0.6 is 0 Å². The molecule has 3 heterocycles. The molecule has 1 fully saturated rings. The number of amidine groups is 1. The Labute approximate surface area is 132 Å². The zero-order chi connectivity index (χ0) is 15.8. The highest BCUT2D eigenvalue weighted by Gasteiger charge is 2.26. The van der Waals surface area contributed by atoms with E-state index in [1.165, 1.54) is 12.1 Å². The molecular weight excluding hydrogens is 301 g/mol. The Morgan fingerprint density at radius 1 is 1.22 bits per heavy atom. The first kappa shape index (κ1) is 14.3. The van der Waals surface area contributed by atoms with Crippen LogP contribution in [0.25, 0.3) is 5.69 Å². The predicted molar refractivity (Wildman–Crippen MR) is 79.9 cm³/mol. The molecule has 4 rings (SSSR count). The van der Waals surface area contributed by atoms with Crippen LogP contribution in [0.5, 0.6) is 0 Å². The molecule has 0 amide bonds. The van der Waals surface area contributed by atoms with Gasteiger partial charge in [-0.3, -0.25) is 9.56 Å². The Balaban J connectivity index is 1.88. The number of aliphatic hydroxyl groups is 1. The third-order valence-corrected chi connectivity index (χ3v) is 4.06. The maximum atomic E-state index is 13.9. The molecule has 0 radical (unpaired) electrons. The second-order valence-electron chi connectivity index (χ2n) is 5.43. The molecule has 8 heteroatoms. The second kappa shape index (κ2) is 5.71. The van der Waals surface area contributed by atoms with E-state index in [-0.39, 0.29) is 12.4 Å². The molecule has 120 valence electrons. The number of morpholine rings is 1. The third-order valence-electron chi connectivity index (χ3n) is 4.06. The Morgan fingerprint density at radius 3 is 2.83 bits per heavy atom. The number of aliphatic imine (C=N–C) groups is 1. The van der Waals surface area contributed by atoms with Crippen LogP contribution < -0.4 is 0 Å². The van der Waals surface area contributed by atoms with E-state index < -0.39 is 0 Å². The maximum Gasteiger partial charge on any atom is 0.163 e. The number of fused-ring (bicyclic) bond motifs is 3. The Hall–Kier alpha value is -2.32. The molecule has 1 saturated heterocycles. The quantitative estimate of drug-likeness (QED) is 0.828. The van der Waals surface area contributed by atoms with Gasteiger partial charge in [-0.2, -0.15) is 0 Å². The fourth-order valence-electron chi connectivity index (χ4n) is 3.00. The summed E-state index contributed by atoms with van der Waals surface area (Å²) in [7, 11) is 0. The molecule has 1 aromatic heterocycles. The molecule has 0 aliphatic carbocycles. The van der Waals surface area contributed by atoms with Gasteiger partial charge in [-0.25, -0.2) is 4.39 Å². The molecular formula is C15H16FN5O2. The Kier molecular flexibility index (Phi) is 3.55. The van der Waals surface area contributed by atoms with Crippen LogP contribution in [0.1, 0.15) is 17.2 Å². The SMILES string of the molecule is OCc1nnc2n1-c1ccc(F)cc1C(N1CCOCC1)=NC2. The van der Waals surface area contributed by atoms with Crippen LogP contribution in [-0.2, 0) is 17.9 Å². The van der Waals surface area contributed by atoms with E-state index in [9.17, 15) is 9.50 Å². The molecule has 0 bridgehead atoms. The van der Waals surface area contributed by atoms with Crippen molar-refractivity contribution in [3.8, 4) is 5.69 Å². The number of hydrogen-bond donors (Lipinski definition) is 1. The van der Waals surface area contributed by atoms with Gasteiger partial charge in [-0.1, -0.05) is 0 Å². The van der Waals surface area contributed by atoms with Crippen LogP contribution in [0.3, 0.4) is 0 Å². The van der Waals surface area contributed by atoms with E-state index in [4.69, 9.17) is 4.74 Å². The van der Waals surface area contributed by atoms with E-state index in [2.05, 4.69) is 20.1 Å². The summed E-state index contributed by atoms with van der Waals surface area (Å²) in [5.74, 6) is 1.46. The minimum atomic E-state index is -0.327. The van der Waals surface area contributed by atoms with Gasteiger partial charge in [-0.05, 0) is 18.2 Å². The lowest BCUT2D eigenvalue weighted by Crippen LogP contribution is -2.41. The van der Waals surface area contributed by atoms with Gasteiger partial charge in [0.15, 0.2) is 11.6 Å². The van der Waals surface area contributed by atoms with Crippen LogP contribution in [0.15, 0.2) is 23.2 Å². The average molecular weight is 317 g/mol. The predicted octanol–water partition coefficient (Wildman–Crippen LogP) is 0.491. The van der Waals surface area contributed by atoms with Gasteiger partial charge in [-0.15, -0.1) is 10.2 Å². The summed E-state index contributed by atoms with van der Waals surface area (Å²) in [6.45, 7) is 2.76. The highest BCUT2D eigenvalue weighted by atomic mass is 19.1. The summed E-state index contributed by atoms with van der Waals surface area (Å²) in [5, 5.41) is 17.6. The van der Waals surface area contributed by atoms with Crippen LogP contribution in [0.2, 0.25) is 0 Å². The standard InChI is InChI=1S/C15H16FN5O2/c16-10-1-2-12-11(7-10)15(20-3-5-23-6-4-20)17-8-13-18-19-14(9-22)21(12)13/h1-2,7,22H,3-6,8-9H2. The fraction of sp³-hybridized carbons (Fsp3) is 0.400. The van der Waals surface area contributed by atoms with Crippen molar-refractivity contribution in [1.82, 2.24) is 19.7 Å². The van der Waals surface area contributed by atoms with Crippen LogP contribution in [-0.4, -0.2) is 56.9 Å². The van der Waals surface area contributed by atoms with E-state index >= 15 is 0 Å². The van der Waals surface area contributed by atoms with Crippen molar-refractivity contribution in [3.63, 3.8) is 0 Å². The van der Waals surface area contributed by atoms with Gasteiger partial charge in [0, 0.05) is 18.7 Å². The van der Waals surface area contributed by atoms with Crippen molar-refractivity contribution in [3.05, 3.63) is 41.2 Å². The molecule has 0 saturated carbocycles. The average Bonchev–Trinajstić information content (AvgIpc) is 2.92. The number of hydrogen-bond acceptors (Lipinski definition) is 6. The lowest BCUT2D eigenvalue weighted by atomic mass is 10.1. The zero-order valence-electron chi connectivity index (χ0n) is 12.4. The molecule has 2 aliphatic heterocycles. The summed E-state index contributed by atoms with van der Waals surface area (Å²) in [6, 6.07) is 4.55.